The van der Waals surface area contributed by atoms with Crippen LogP contribution in [0.1, 0.15) is 77.7 Å². The molecule has 2 fully saturated rings. The van der Waals surface area contributed by atoms with Gasteiger partial charge < -0.3 is 30.3 Å². The first-order valence-corrected chi connectivity index (χ1v) is 17.3. The third-order valence-corrected chi connectivity index (χ3v) is 9.23. The normalized spacial score (nSPS) is 19.0. The first kappa shape index (κ1) is 38.2. The SMILES string of the molecule is CC(C)(C)OC(=O)N1CCC(C)(C)C1C(=O)NC(C(=O)NC(Cc1ccc(O)cc1)C(=O)N1CCN(C(=O)c2ccccc2)CC1)C(C)(C)C. The Bertz CT molecular complexity index is 1540. The highest BCUT2D eigenvalue weighted by Crippen LogP contribution is 2.37. The molecule has 0 spiro atoms. The van der Waals surface area contributed by atoms with Gasteiger partial charge in [0.25, 0.3) is 5.91 Å². The quantitative estimate of drug-likeness (QED) is 0.380. The van der Waals surface area contributed by atoms with Crippen molar-refractivity contribution < 1.29 is 33.8 Å². The highest BCUT2D eigenvalue weighted by molar-refractivity contribution is 5.96. The monoisotopic (exact) mass is 691 g/mol. The number of benzene rings is 2. The number of carbonyl (C=O) groups is 5. The minimum Gasteiger partial charge on any atom is -0.508 e. The molecule has 0 aromatic heterocycles. The number of nitrogens with zero attached hydrogens (tertiary/aromatic N) is 3. The third-order valence-electron chi connectivity index (χ3n) is 9.23. The van der Waals surface area contributed by atoms with Gasteiger partial charge in [-0.2, -0.15) is 0 Å². The molecule has 0 radical (unpaired) electrons. The maximum absolute atomic E-state index is 14.2. The molecule has 0 bridgehead atoms. The molecule has 3 atom stereocenters. The largest absolute Gasteiger partial charge is 0.508 e. The number of likely N-dealkylation sites (tertiary alicyclic amines) is 1. The maximum atomic E-state index is 14.2. The Hall–Kier alpha value is -4.61. The molecule has 12 nitrogen and oxygen atoms in total. The lowest BCUT2D eigenvalue weighted by Gasteiger charge is -2.38. The van der Waals surface area contributed by atoms with Crippen molar-refractivity contribution in [2.24, 2.45) is 10.8 Å². The number of phenolic OH excluding ortho intramolecular Hbond substituents is 1. The average Bonchev–Trinajstić information content (AvgIpc) is 3.37. The van der Waals surface area contributed by atoms with E-state index in [1.807, 2.05) is 52.8 Å². The summed E-state index contributed by atoms with van der Waals surface area (Å²) < 4.78 is 5.61. The molecule has 4 rings (SSSR count). The smallest absolute Gasteiger partial charge is 0.410 e. The molecule has 2 heterocycles. The number of carbonyl (C=O) groups excluding carboxylic acids is 5. The van der Waals surface area contributed by atoms with Gasteiger partial charge in [0.1, 0.15) is 29.5 Å². The second-order valence-corrected chi connectivity index (χ2v) is 16.0. The number of hydrogen-bond acceptors (Lipinski definition) is 7. The van der Waals surface area contributed by atoms with E-state index in [1.54, 1.807) is 54.8 Å². The average molecular weight is 692 g/mol. The molecule has 2 aromatic carbocycles. The van der Waals surface area contributed by atoms with Gasteiger partial charge in [-0.3, -0.25) is 24.1 Å². The van der Waals surface area contributed by atoms with Crippen LogP contribution in [0.3, 0.4) is 0 Å². The van der Waals surface area contributed by atoms with E-state index < -0.39 is 52.5 Å². The van der Waals surface area contributed by atoms with Crippen molar-refractivity contribution >= 4 is 29.7 Å². The fraction of sp³-hybridized carbons (Fsp3) is 0.553. The number of aromatic hydroxyl groups is 1. The van der Waals surface area contributed by atoms with Gasteiger partial charge in [0.05, 0.1) is 0 Å². The second kappa shape index (κ2) is 15.1. The Labute approximate surface area is 295 Å². The standard InChI is InChI=1S/C38H53N5O7/c1-36(2,3)29(40-32(46)30-38(7,8)18-19-43(30)35(49)50-37(4,5)6)31(45)39-28(24-25-14-16-27(44)17-15-25)34(48)42-22-20-41(21-23-42)33(47)26-12-10-9-11-13-26/h9-17,28-30,44H,18-24H2,1-8H3,(H,39,45)(H,40,46). The lowest BCUT2D eigenvalue weighted by molar-refractivity contribution is -0.140. The molecule has 0 aliphatic carbocycles. The van der Waals surface area contributed by atoms with Crippen molar-refractivity contribution in [2.75, 3.05) is 32.7 Å². The predicted octanol–water partition coefficient (Wildman–Crippen LogP) is 3.97. The van der Waals surface area contributed by atoms with Gasteiger partial charge in [0.2, 0.25) is 17.7 Å². The molecular weight excluding hydrogens is 638 g/mol. The van der Waals surface area contributed by atoms with E-state index in [1.165, 1.54) is 17.0 Å². The number of nitrogens with one attached hydrogen (secondary N) is 2. The number of hydrogen-bond donors (Lipinski definition) is 3. The maximum Gasteiger partial charge on any atom is 0.410 e. The van der Waals surface area contributed by atoms with E-state index in [4.69, 9.17) is 4.74 Å². The molecule has 2 aliphatic heterocycles. The Morgan fingerprint density at radius 1 is 0.840 bits per heavy atom. The summed E-state index contributed by atoms with van der Waals surface area (Å²) in [7, 11) is 0. The molecule has 2 aliphatic rings. The molecule has 50 heavy (non-hydrogen) atoms. The van der Waals surface area contributed by atoms with Gasteiger partial charge in [0, 0.05) is 44.7 Å². The van der Waals surface area contributed by atoms with Crippen molar-refractivity contribution in [3.05, 3.63) is 65.7 Å². The lowest BCUT2D eigenvalue weighted by atomic mass is 9.82. The zero-order valence-electron chi connectivity index (χ0n) is 30.6. The minimum absolute atomic E-state index is 0.0747. The van der Waals surface area contributed by atoms with Crippen molar-refractivity contribution in [1.29, 1.82) is 0 Å². The van der Waals surface area contributed by atoms with Crippen LogP contribution in [0.2, 0.25) is 0 Å². The summed E-state index contributed by atoms with van der Waals surface area (Å²) in [5.41, 5.74) is -0.802. The number of rotatable bonds is 8. The summed E-state index contributed by atoms with van der Waals surface area (Å²) in [5, 5.41) is 15.7. The second-order valence-electron chi connectivity index (χ2n) is 16.0. The molecule has 5 amide bonds. The molecule has 2 aromatic rings. The number of ether oxygens (including phenoxy) is 1. The van der Waals surface area contributed by atoms with Crippen LogP contribution in [0.15, 0.2) is 54.6 Å². The van der Waals surface area contributed by atoms with Crippen LogP contribution in [0.4, 0.5) is 4.79 Å². The Morgan fingerprint density at radius 2 is 1.42 bits per heavy atom. The Kier molecular flexibility index (Phi) is 11.5. The number of piperazine rings is 1. The first-order chi connectivity index (χ1) is 23.3. The minimum atomic E-state index is -1.05. The molecule has 3 N–H and O–H groups in total. The topological polar surface area (TPSA) is 149 Å². The summed E-state index contributed by atoms with van der Waals surface area (Å²) >= 11 is 0. The zero-order valence-corrected chi connectivity index (χ0v) is 30.6. The molecule has 0 saturated carbocycles. The zero-order chi connectivity index (χ0) is 37.0. The van der Waals surface area contributed by atoms with Gasteiger partial charge in [-0.25, -0.2) is 4.79 Å². The van der Waals surface area contributed by atoms with E-state index in [2.05, 4.69) is 10.6 Å². The van der Waals surface area contributed by atoms with Crippen molar-refractivity contribution in [1.82, 2.24) is 25.3 Å². The van der Waals surface area contributed by atoms with Crippen LogP contribution < -0.4 is 10.6 Å². The van der Waals surface area contributed by atoms with Gasteiger partial charge in [-0.1, -0.05) is 65.0 Å². The van der Waals surface area contributed by atoms with Crippen molar-refractivity contribution in [3.8, 4) is 5.75 Å². The van der Waals surface area contributed by atoms with E-state index in [-0.39, 0.29) is 37.1 Å². The summed E-state index contributed by atoms with van der Waals surface area (Å²) in [5.74, 6) is -1.36. The van der Waals surface area contributed by atoms with Crippen LogP contribution in [-0.4, -0.2) is 106 Å². The van der Waals surface area contributed by atoms with Crippen LogP contribution >= 0.6 is 0 Å². The Balaban J connectivity index is 1.53. The molecule has 12 heteroatoms. The van der Waals surface area contributed by atoms with Crippen LogP contribution in [0, 0.1) is 10.8 Å². The fourth-order valence-electron chi connectivity index (χ4n) is 6.44. The van der Waals surface area contributed by atoms with Crippen molar-refractivity contribution in [3.63, 3.8) is 0 Å². The third kappa shape index (κ3) is 9.54. The number of phenols is 1. The molecule has 3 unspecified atom stereocenters. The summed E-state index contributed by atoms with van der Waals surface area (Å²) in [6.07, 6.45) is 0.121. The van der Waals surface area contributed by atoms with E-state index >= 15 is 0 Å². The van der Waals surface area contributed by atoms with Crippen LogP contribution in [-0.2, 0) is 25.5 Å². The Morgan fingerprint density at radius 3 is 1.98 bits per heavy atom. The van der Waals surface area contributed by atoms with Crippen LogP contribution in [0.5, 0.6) is 5.75 Å². The molecule has 272 valence electrons. The van der Waals surface area contributed by atoms with E-state index in [0.717, 1.165) is 5.56 Å². The van der Waals surface area contributed by atoms with Gasteiger partial charge in [-0.15, -0.1) is 0 Å². The summed E-state index contributed by atoms with van der Waals surface area (Å²) in [4.78, 5) is 73.2. The summed E-state index contributed by atoms with van der Waals surface area (Å²) in [6.45, 7) is 16.2. The highest BCUT2D eigenvalue weighted by Gasteiger charge is 2.50. The summed E-state index contributed by atoms with van der Waals surface area (Å²) in [6, 6.07) is 12.5. The predicted molar refractivity (Wildman–Crippen MR) is 189 cm³/mol. The van der Waals surface area contributed by atoms with Crippen molar-refractivity contribution in [2.45, 2.75) is 92.0 Å². The van der Waals surface area contributed by atoms with E-state index in [9.17, 15) is 29.1 Å². The fourth-order valence-corrected chi connectivity index (χ4v) is 6.44. The highest BCUT2D eigenvalue weighted by atomic mass is 16.6. The van der Waals surface area contributed by atoms with Crippen LogP contribution in [0.25, 0.3) is 0 Å². The van der Waals surface area contributed by atoms with Gasteiger partial charge in [-0.05, 0) is 67.9 Å². The number of amides is 5. The first-order valence-electron chi connectivity index (χ1n) is 17.3. The molecular formula is C38H53N5O7. The van der Waals surface area contributed by atoms with E-state index in [0.29, 0.717) is 31.6 Å². The molecule has 2 saturated heterocycles. The lowest BCUT2D eigenvalue weighted by Crippen LogP contribution is -2.62. The van der Waals surface area contributed by atoms with Gasteiger partial charge >= 0.3 is 6.09 Å². The van der Waals surface area contributed by atoms with Gasteiger partial charge in [0.15, 0.2) is 0 Å².